The summed E-state index contributed by atoms with van der Waals surface area (Å²) in [5, 5.41) is 6.18. The molecule has 1 aromatic carbocycles. The Kier molecular flexibility index (Phi) is 5.56. The van der Waals surface area contributed by atoms with Crippen molar-refractivity contribution in [3.05, 3.63) is 50.8 Å². The van der Waals surface area contributed by atoms with Crippen molar-refractivity contribution in [1.82, 2.24) is 4.98 Å². The lowest BCUT2D eigenvalue weighted by Crippen LogP contribution is -2.17. The van der Waals surface area contributed by atoms with Crippen molar-refractivity contribution in [1.29, 1.82) is 0 Å². The molecule has 6 nitrogen and oxygen atoms in total. The third-order valence-corrected chi connectivity index (χ3v) is 5.37. The Labute approximate surface area is 167 Å². The van der Waals surface area contributed by atoms with Gasteiger partial charge >= 0.3 is 5.63 Å². The van der Waals surface area contributed by atoms with Crippen molar-refractivity contribution in [3.63, 3.8) is 0 Å². The van der Waals surface area contributed by atoms with E-state index in [1.807, 2.05) is 24.4 Å². The first-order valence-electron chi connectivity index (χ1n) is 9.05. The van der Waals surface area contributed by atoms with Gasteiger partial charge in [-0.05, 0) is 31.0 Å². The first-order chi connectivity index (χ1) is 13.2. The number of nitrogens with zero attached hydrogens (tertiary/aromatic N) is 1. The molecule has 0 unspecified atom stereocenters. The van der Waals surface area contributed by atoms with Crippen molar-refractivity contribution in [3.8, 4) is 5.75 Å². The Hall–Kier alpha value is -2.67. The Balaban J connectivity index is 1.73. The van der Waals surface area contributed by atoms with E-state index in [0.717, 1.165) is 16.6 Å². The number of aryl methyl sites for hydroxylation is 1. The van der Waals surface area contributed by atoms with E-state index in [9.17, 15) is 9.59 Å². The van der Waals surface area contributed by atoms with Gasteiger partial charge in [-0.15, -0.1) is 11.3 Å². The van der Waals surface area contributed by atoms with Crippen molar-refractivity contribution in [2.75, 3.05) is 12.4 Å². The summed E-state index contributed by atoms with van der Waals surface area (Å²) in [6.45, 7) is 8.09. The van der Waals surface area contributed by atoms with E-state index < -0.39 is 5.63 Å². The van der Waals surface area contributed by atoms with Gasteiger partial charge in [0.15, 0.2) is 5.13 Å². The van der Waals surface area contributed by atoms with Crippen LogP contribution in [0.15, 0.2) is 32.8 Å². The van der Waals surface area contributed by atoms with Crippen LogP contribution in [0.25, 0.3) is 11.0 Å². The number of aromatic nitrogens is 1. The Bertz CT molecular complexity index is 1080. The third-order valence-electron chi connectivity index (χ3n) is 4.62. The van der Waals surface area contributed by atoms with Crippen molar-refractivity contribution in [2.24, 2.45) is 0 Å². The zero-order valence-corrected chi connectivity index (χ0v) is 17.5. The Morgan fingerprint density at radius 3 is 2.71 bits per heavy atom. The molecule has 0 saturated heterocycles. The summed E-state index contributed by atoms with van der Waals surface area (Å²) < 4.78 is 10.6. The average molecular weight is 401 g/mol. The van der Waals surface area contributed by atoms with Gasteiger partial charge in [0.1, 0.15) is 11.3 Å². The minimum Gasteiger partial charge on any atom is -0.497 e. The van der Waals surface area contributed by atoms with E-state index in [4.69, 9.17) is 9.15 Å². The molecule has 0 aliphatic carbocycles. The molecule has 3 rings (SSSR count). The maximum atomic E-state index is 12.4. The molecule has 2 aromatic heterocycles. The van der Waals surface area contributed by atoms with Crippen LogP contribution in [0.3, 0.4) is 0 Å². The van der Waals surface area contributed by atoms with Crippen LogP contribution in [0.1, 0.15) is 44.0 Å². The molecule has 2 heterocycles. The second-order valence-electron chi connectivity index (χ2n) is 7.69. The lowest BCUT2D eigenvalue weighted by molar-refractivity contribution is -0.116. The lowest BCUT2D eigenvalue weighted by atomic mass is 9.93. The van der Waals surface area contributed by atoms with E-state index in [-0.39, 0.29) is 17.7 Å². The average Bonchev–Trinajstić information content (AvgIpc) is 3.09. The molecule has 0 spiro atoms. The van der Waals surface area contributed by atoms with Gasteiger partial charge in [0, 0.05) is 34.2 Å². The number of rotatable bonds is 5. The van der Waals surface area contributed by atoms with Gasteiger partial charge in [0.25, 0.3) is 0 Å². The second kappa shape index (κ2) is 7.75. The van der Waals surface area contributed by atoms with Crippen LogP contribution in [0.5, 0.6) is 5.75 Å². The van der Waals surface area contributed by atoms with Crippen LogP contribution < -0.4 is 15.7 Å². The number of hydrogen-bond donors (Lipinski definition) is 1. The number of benzene rings is 1. The molecule has 0 bridgehead atoms. The minimum atomic E-state index is -0.421. The van der Waals surface area contributed by atoms with E-state index in [1.54, 1.807) is 13.2 Å². The Morgan fingerprint density at radius 1 is 1.32 bits per heavy atom. The number of hydrogen-bond acceptors (Lipinski definition) is 6. The highest BCUT2D eigenvalue weighted by Gasteiger charge is 2.19. The fourth-order valence-corrected chi connectivity index (χ4v) is 3.84. The maximum absolute atomic E-state index is 12.4. The van der Waals surface area contributed by atoms with Crippen LogP contribution >= 0.6 is 11.3 Å². The minimum absolute atomic E-state index is 0.0661. The van der Waals surface area contributed by atoms with E-state index >= 15 is 0 Å². The van der Waals surface area contributed by atoms with Crippen LogP contribution in [0, 0.1) is 6.92 Å². The highest BCUT2D eigenvalue weighted by atomic mass is 32.1. The number of ether oxygens (including phenoxy) is 1. The molecule has 0 saturated carbocycles. The lowest BCUT2D eigenvalue weighted by Gasteiger charge is -2.14. The van der Waals surface area contributed by atoms with Crippen molar-refractivity contribution >= 4 is 33.3 Å². The van der Waals surface area contributed by atoms with Crippen molar-refractivity contribution in [2.45, 2.75) is 46.0 Å². The maximum Gasteiger partial charge on any atom is 0.339 e. The van der Waals surface area contributed by atoms with Crippen LogP contribution in [0.4, 0.5) is 5.13 Å². The molecule has 7 heteroatoms. The molecule has 0 radical (unpaired) electrons. The summed E-state index contributed by atoms with van der Waals surface area (Å²) in [4.78, 5) is 29.2. The Morgan fingerprint density at radius 2 is 2.07 bits per heavy atom. The van der Waals surface area contributed by atoms with Gasteiger partial charge in [-0.3, -0.25) is 4.79 Å². The van der Waals surface area contributed by atoms with E-state index in [1.165, 1.54) is 11.3 Å². The molecule has 0 atom stereocenters. The standard InChI is InChI=1S/C21H24N2O4S/c1-12-14-7-6-13(26-5)10-16(14)27-19(25)15(12)8-9-18(24)23-20-22-17(11-28-20)21(2,3)4/h6-7,10-11H,8-9H2,1-5H3,(H,22,23,24). The first-order valence-corrected chi connectivity index (χ1v) is 9.93. The van der Waals surface area contributed by atoms with Gasteiger partial charge in [-0.2, -0.15) is 0 Å². The summed E-state index contributed by atoms with van der Waals surface area (Å²) in [5.74, 6) is 0.448. The summed E-state index contributed by atoms with van der Waals surface area (Å²) in [6, 6.07) is 5.37. The zero-order chi connectivity index (χ0) is 20.5. The molecule has 28 heavy (non-hydrogen) atoms. The number of anilines is 1. The molecule has 3 aromatic rings. The van der Waals surface area contributed by atoms with E-state index in [2.05, 4.69) is 31.1 Å². The van der Waals surface area contributed by atoms with Crippen molar-refractivity contribution < 1.29 is 13.9 Å². The predicted octanol–water partition coefficient (Wildman–Crippen LogP) is 4.44. The fourth-order valence-electron chi connectivity index (χ4n) is 2.89. The van der Waals surface area contributed by atoms with Gasteiger partial charge in [-0.25, -0.2) is 9.78 Å². The number of carbonyl (C=O) groups excluding carboxylic acids is 1. The molecular weight excluding hydrogens is 376 g/mol. The summed E-state index contributed by atoms with van der Waals surface area (Å²) >= 11 is 1.40. The third kappa shape index (κ3) is 4.25. The normalized spacial score (nSPS) is 11.6. The predicted molar refractivity (Wildman–Crippen MR) is 112 cm³/mol. The molecule has 0 aliphatic rings. The smallest absolute Gasteiger partial charge is 0.339 e. The highest BCUT2D eigenvalue weighted by Crippen LogP contribution is 2.27. The molecule has 0 aliphatic heterocycles. The summed E-state index contributed by atoms with van der Waals surface area (Å²) in [6.07, 6.45) is 0.483. The second-order valence-corrected chi connectivity index (χ2v) is 8.55. The van der Waals surface area contributed by atoms with Gasteiger partial charge in [0.2, 0.25) is 5.91 Å². The summed E-state index contributed by atoms with van der Waals surface area (Å²) in [5.41, 5.74) is 2.27. The summed E-state index contributed by atoms with van der Waals surface area (Å²) in [7, 11) is 1.56. The van der Waals surface area contributed by atoms with Crippen LogP contribution in [-0.4, -0.2) is 18.0 Å². The quantitative estimate of drug-likeness (QED) is 0.641. The molecule has 1 N–H and O–H groups in total. The topological polar surface area (TPSA) is 81.4 Å². The van der Waals surface area contributed by atoms with Crippen LogP contribution in [0.2, 0.25) is 0 Å². The number of methoxy groups -OCH3 is 1. The molecular formula is C21H24N2O4S. The molecule has 1 amide bonds. The zero-order valence-electron chi connectivity index (χ0n) is 16.7. The first kappa shape index (κ1) is 20.1. The van der Waals surface area contributed by atoms with Gasteiger partial charge in [0.05, 0.1) is 12.8 Å². The molecule has 0 fully saturated rings. The number of nitrogens with one attached hydrogen (secondary N) is 1. The monoisotopic (exact) mass is 400 g/mol. The largest absolute Gasteiger partial charge is 0.497 e. The fraction of sp³-hybridized carbons (Fsp3) is 0.381. The number of fused-ring (bicyclic) bond motifs is 1. The SMILES string of the molecule is COc1ccc2c(C)c(CCC(=O)Nc3nc(C(C)(C)C)cs3)c(=O)oc2c1. The highest BCUT2D eigenvalue weighted by molar-refractivity contribution is 7.13. The van der Waals surface area contributed by atoms with Crippen LogP contribution in [-0.2, 0) is 16.6 Å². The van der Waals surface area contributed by atoms with E-state index in [0.29, 0.717) is 28.4 Å². The van der Waals surface area contributed by atoms with Gasteiger partial charge in [-0.1, -0.05) is 20.8 Å². The molecule has 148 valence electrons. The number of thiazole rings is 1. The number of carbonyl (C=O) groups is 1. The van der Waals surface area contributed by atoms with Gasteiger partial charge < -0.3 is 14.5 Å². The number of amides is 1.